The van der Waals surface area contributed by atoms with E-state index in [9.17, 15) is 4.79 Å². The highest BCUT2D eigenvalue weighted by Gasteiger charge is 2.27. The Morgan fingerprint density at radius 2 is 2.00 bits per heavy atom. The highest BCUT2D eigenvalue weighted by atomic mass is 16.2. The molecule has 2 aromatic heterocycles. The van der Waals surface area contributed by atoms with E-state index in [1.54, 1.807) is 0 Å². The summed E-state index contributed by atoms with van der Waals surface area (Å²) >= 11 is 0. The molecular formula is C21H29N7O. The Hall–Kier alpha value is -2.87. The van der Waals surface area contributed by atoms with Crippen molar-refractivity contribution in [1.82, 2.24) is 30.5 Å². The molecule has 2 aromatic rings. The van der Waals surface area contributed by atoms with Crippen molar-refractivity contribution in [2.75, 3.05) is 20.6 Å². The number of unbranched alkanes of at least 4 members (excludes halogenated alkanes) is 1. The molecule has 0 bridgehead atoms. The van der Waals surface area contributed by atoms with Gasteiger partial charge >= 0.3 is 0 Å². The van der Waals surface area contributed by atoms with Gasteiger partial charge in [-0.05, 0) is 69.9 Å². The third-order valence-electron chi connectivity index (χ3n) is 5.00. The predicted molar refractivity (Wildman–Crippen MR) is 114 cm³/mol. The molecule has 3 rings (SSSR count). The van der Waals surface area contributed by atoms with Crippen LogP contribution >= 0.6 is 0 Å². The number of nitrogens with zero attached hydrogens (tertiary/aromatic N) is 5. The molecule has 1 amide bonds. The zero-order valence-electron chi connectivity index (χ0n) is 17.8. The molecule has 8 heteroatoms. The Kier molecular flexibility index (Phi) is 6.53. The first kappa shape index (κ1) is 20.9. The van der Waals surface area contributed by atoms with Gasteiger partial charge in [0.05, 0.1) is 11.8 Å². The van der Waals surface area contributed by atoms with E-state index in [1.165, 1.54) is 23.5 Å². The van der Waals surface area contributed by atoms with Crippen LogP contribution in [0.3, 0.4) is 0 Å². The summed E-state index contributed by atoms with van der Waals surface area (Å²) in [6.07, 6.45) is 8.20. The molecule has 8 nitrogen and oxygen atoms in total. The summed E-state index contributed by atoms with van der Waals surface area (Å²) in [5.74, 6) is 0.396. The molecule has 0 aliphatic carbocycles. The van der Waals surface area contributed by atoms with Gasteiger partial charge in [0.1, 0.15) is 5.71 Å². The van der Waals surface area contributed by atoms with Crippen LogP contribution in [-0.4, -0.2) is 57.3 Å². The van der Waals surface area contributed by atoms with Gasteiger partial charge in [-0.2, -0.15) is 10.2 Å². The second-order valence-corrected chi connectivity index (χ2v) is 7.90. The first-order valence-corrected chi connectivity index (χ1v) is 9.98. The van der Waals surface area contributed by atoms with Gasteiger partial charge in [0.2, 0.25) is 5.82 Å². The molecule has 0 unspecified atom stereocenters. The molecule has 1 aliphatic rings. The third-order valence-corrected chi connectivity index (χ3v) is 5.00. The number of nitrogens with one attached hydrogen (secondary N) is 2. The number of hydrazone groups is 1. The summed E-state index contributed by atoms with van der Waals surface area (Å²) in [5, 5.41) is 11.9. The van der Waals surface area contributed by atoms with Gasteiger partial charge in [-0.15, -0.1) is 5.10 Å². The van der Waals surface area contributed by atoms with Crippen molar-refractivity contribution in [1.29, 1.82) is 0 Å². The molecule has 2 N–H and O–H groups in total. The summed E-state index contributed by atoms with van der Waals surface area (Å²) in [6, 6.07) is 0. The number of H-pyrrole nitrogens is 1. The number of aromatic nitrogens is 4. The fourth-order valence-corrected chi connectivity index (χ4v) is 3.67. The van der Waals surface area contributed by atoms with E-state index in [2.05, 4.69) is 70.5 Å². The normalized spacial score (nSPS) is 15.5. The Bertz CT molecular complexity index is 926. The first-order valence-electron chi connectivity index (χ1n) is 9.98. The van der Waals surface area contributed by atoms with Gasteiger partial charge in [-0.1, -0.05) is 13.8 Å². The molecule has 3 heterocycles. The van der Waals surface area contributed by atoms with Crippen LogP contribution in [0.1, 0.15) is 60.9 Å². The van der Waals surface area contributed by atoms with E-state index in [-0.39, 0.29) is 5.91 Å². The lowest BCUT2D eigenvalue weighted by Gasteiger charge is -2.12. The zero-order valence-corrected chi connectivity index (χ0v) is 17.8. The summed E-state index contributed by atoms with van der Waals surface area (Å²) in [4.78, 5) is 22.3. The highest BCUT2D eigenvalue weighted by Crippen LogP contribution is 2.30. The van der Waals surface area contributed by atoms with Gasteiger partial charge < -0.3 is 9.88 Å². The summed E-state index contributed by atoms with van der Waals surface area (Å²) in [7, 11) is 4.20. The highest BCUT2D eigenvalue weighted by molar-refractivity contribution is 6.32. The summed E-state index contributed by atoms with van der Waals surface area (Å²) in [6.45, 7) is 7.55. The molecular weight excluding hydrogens is 366 g/mol. The molecule has 1 aliphatic heterocycles. The zero-order chi connectivity index (χ0) is 21.0. The minimum Gasteiger partial charge on any atom is -0.359 e. The fraction of sp³-hybridized carbons (Fsp3) is 0.476. The van der Waals surface area contributed by atoms with Gasteiger partial charge in [-0.25, -0.2) is 10.4 Å². The fourth-order valence-electron chi connectivity index (χ4n) is 3.67. The van der Waals surface area contributed by atoms with Crippen LogP contribution < -0.4 is 5.43 Å². The van der Waals surface area contributed by atoms with E-state index in [4.69, 9.17) is 0 Å². The Balaban J connectivity index is 1.92. The lowest BCUT2D eigenvalue weighted by molar-refractivity contribution is -0.116. The average Bonchev–Trinajstić information content (AvgIpc) is 3.19. The lowest BCUT2D eigenvalue weighted by Crippen LogP contribution is -2.15. The SMILES string of the molecule is Cc1[nH]c(C=C2C(=O)NN=C2c2nccnn2)c(C(C)C)c1CCCCN(C)C. The first-order chi connectivity index (χ1) is 13.9. The topological polar surface area (TPSA) is 99.2 Å². The largest absolute Gasteiger partial charge is 0.359 e. The minimum atomic E-state index is -0.262. The van der Waals surface area contributed by atoms with Crippen molar-refractivity contribution in [2.45, 2.75) is 46.0 Å². The van der Waals surface area contributed by atoms with Gasteiger partial charge in [-0.3, -0.25) is 4.79 Å². The van der Waals surface area contributed by atoms with E-state index >= 15 is 0 Å². The maximum absolute atomic E-state index is 12.4. The van der Waals surface area contributed by atoms with Crippen LogP contribution in [-0.2, 0) is 11.2 Å². The van der Waals surface area contributed by atoms with Crippen molar-refractivity contribution in [3.63, 3.8) is 0 Å². The van der Waals surface area contributed by atoms with Crippen molar-refractivity contribution >= 4 is 17.7 Å². The third kappa shape index (κ3) is 4.76. The van der Waals surface area contributed by atoms with E-state index in [1.807, 2.05) is 6.08 Å². The quantitative estimate of drug-likeness (QED) is 0.528. The Labute approximate surface area is 171 Å². The molecule has 0 aromatic carbocycles. The van der Waals surface area contributed by atoms with Crippen molar-refractivity contribution < 1.29 is 4.79 Å². The van der Waals surface area contributed by atoms with Crippen LogP contribution in [0.4, 0.5) is 0 Å². The molecule has 0 atom stereocenters. The minimum absolute atomic E-state index is 0.262. The molecule has 0 spiro atoms. The molecule has 0 saturated carbocycles. The van der Waals surface area contributed by atoms with Gasteiger partial charge in [0.25, 0.3) is 5.91 Å². The standard InChI is InChI=1S/C21H29N7O/c1-13(2)18-15(8-6-7-11-28(4)5)14(3)24-17(18)12-16-19(25-27-21(16)29)20-22-9-10-23-26-20/h9-10,12-13,24H,6-8,11H2,1-5H3,(H,27,29). The van der Waals surface area contributed by atoms with Crippen LogP contribution in [0.2, 0.25) is 0 Å². The Morgan fingerprint density at radius 1 is 1.21 bits per heavy atom. The number of hydrogen-bond acceptors (Lipinski definition) is 6. The molecule has 0 saturated heterocycles. The number of rotatable bonds is 8. The molecule has 0 fully saturated rings. The van der Waals surface area contributed by atoms with E-state index < -0.39 is 0 Å². The second-order valence-electron chi connectivity index (χ2n) is 7.90. The monoisotopic (exact) mass is 395 g/mol. The molecule has 0 radical (unpaired) electrons. The number of amides is 1. The smallest absolute Gasteiger partial charge is 0.273 e. The van der Waals surface area contributed by atoms with Crippen LogP contribution in [0.5, 0.6) is 0 Å². The van der Waals surface area contributed by atoms with E-state index in [0.29, 0.717) is 23.0 Å². The van der Waals surface area contributed by atoms with Crippen LogP contribution in [0, 0.1) is 6.92 Å². The maximum Gasteiger partial charge on any atom is 0.273 e. The van der Waals surface area contributed by atoms with E-state index in [0.717, 1.165) is 37.2 Å². The number of carbonyl (C=O) groups is 1. The van der Waals surface area contributed by atoms with Crippen molar-refractivity contribution in [3.8, 4) is 0 Å². The second kappa shape index (κ2) is 9.09. The predicted octanol–water partition coefficient (Wildman–Crippen LogP) is 2.43. The van der Waals surface area contributed by atoms with Crippen LogP contribution in [0.25, 0.3) is 6.08 Å². The van der Waals surface area contributed by atoms with Crippen molar-refractivity contribution in [2.24, 2.45) is 5.10 Å². The number of aryl methyl sites for hydroxylation is 1. The van der Waals surface area contributed by atoms with Crippen LogP contribution in [0.15, 0.2) is 23.1 Å². The Morgan fingerprint density at radius 3 is 2.66 bits per heavy atom. The number of aromatic amines is 1. The molecule has 29 heavy (non-hydrogen) atoms. The summed E-state index contributed by atoms with van der Waals surface area (Å²) in [5.41, 5.74) is 8.08. The summed E-state index contributed by atoms with van der Waals surface area (Å²) < 4.78 is 0. The van der Waals surface area contributed by atoms with Gasteiger partial charge in [0.15, 0.2) is 0 Å². The van der Waals surface area contributed by atoms with Gasteiger partial charge in [0, 0.05) is 17.6 Å². The average molecular weight is 396 g/mol. The van der Waals surface area contributed by atoms with Crippen molar-refractivity contribution in [3.05, 3.63) is 46.3 Å². The lowest BCUT2D eigenvalue weighted by atomic mass is 9.93. The number of carbonyl (C=O) groups excluding carboxylic acids is 1. The molecule has 154 valence electrons. The number of hydrogen-bond donors (Lipinski definition) is 2. The maximum atomic E-state index is 12.4.